The van der Waals surface area contributed by atoms with Gasteiger partial charge in [-0.1, -0.05) is 42.5 Å². The molecule has 2 aromatic rings. The van der Waals surface area contributed by atoms with Gasteiger partial charge in [-0.3, -0.25) is 9.69 Å². The number of hydrogen-bond acceptors (Lipinski definition) is 3. The van der Waals surface area contributed by atoms with Crippen LogP contribution in [0.2, 0.25) is 0 Å². The molecule has 1 fully saturated rings. The van der Waals surface area contributed by atoms with Crippen LogP contribution in [0.4, 0.5) is 0 Å². The highest BCUT2D eigenvalue weighted by Gasteiger charge is 2.21. The smallest absolute Gasteiger partial charge is 0.234 e. The zero-order valence-corrected chi connectivity index (χ0v) is 16.3. The van der Waals surface area contributed by atoms with E-state index >= 15 is 0 Å². The molecule has 1 N–H and O–H groups in total. The minimum Gasteiger partial charge on any atom is -0.350 e. The summed E-state index contributed by atoms with van der Waals surface area (Å²) in [7, 11) is 0. The number of nitrogens with one attached hydrogen (secondary N) is 1. The molecule has 2 aromatic carbocycles. The highest BCUT2D eigenvalue weighted by molar-refractivity contribution is 5.85. The maximum atomic E-state index is 12.1. The summed E-state index contributed by atoms with van der Waals surface area (Å²) in [6.45, 7) is 11.7. The van der Waals surface area contributed by atoms with Crippen LogP contribution < -0.4 is 5.32 Å². The highest BCUT2D eigenvalue weighted by atomic mass is 16.2. The molecule has 0 radical (unpaired) electrons. The molecule has 0 atom stereocenters. The minimum absolute atomic E-state index is 0.127. The van der Waals surface area contributed by atoms with Gasteiger partial charge in [0, 0.05) is 38.3 Å². The molecular formula is C22H31N3O. The number of amides is 1. The van der Waals surface area contributed by atoms with Crippen molar-refractivity contribution in [2.75, 3.05) is 39.3 Å². The summed E-state index contributed by atoms with van der Waals surface area (Å²) >= 11 is 0. The largest absolute Gasteiger partial charge is 0.350 e. The Bertz CT molecular complexity index is 737. The average Bonchev–Trinajstić information content (AvgIpc) is 2.59. The second-order valence-corrected chi connectivity index (χ2v) is 8.30. The van der Waals surface area contributed by atoms with E-state index in [0.29, 0.717) is 6.54 Å². The van der Waals surface area contributed by atoms with E-state index in [1.165, 1.54) is 16.3 Å². The molecule has 0 aromatic heterocycles. The van der Waals surface area contributed by atoms with Gasteiger partial charge in [0.05, 0.1) is 6.54 Å². The Morgan fingerprint density at radius 3 is 2.35 bits per heavy atom. The number of rotatable bonds is 5. The average molecular weight is 354 g/mol. The number of hydrogen-bond donors (Lipinski definition) is 1. The predicted octanol–water partition coefficient (Wildman–Crippen LogP) is 2.91. The van der Waals surface area contributed by atoms with Crippen LogP contribution in [0.25, 0.3) is 10.8 Å². The first-order valence-electron chi connectivity index (χ1n) is 9.63. The SMILES string of the molecule is CC(C)(C)NC(=O)CN1CCN(CCc2cccc3ccccc23)CC1. The van der Waals surface area contributed by atoms with Gasteiger partial charge in [-0.25, -0.2) is 0 Å². The second-order valence-electron chi connectivity index (χ2n) is 8.30. The molecule has 0 spiro atoms. The van der Waals surface area contributed by atoms with Crippen molar-refractivity contribution in [3.63, 3.8) is 0 Å². The van der Waals surface area contributed by atoms with E-state index in [1.54, 1.807) is 0 Å². The van der Waals surface area contributed by atoms with Gasteiger partial charge in [0.15, 0.2) is 0 Å². The van der Waals surface area contributed by atoms with Gasteiger partial charge in [-0.05, 0) is 43.5 Å². The number of fused-ring (bicyclic) bond motifs is 1. The van der Waals surface area contributed by atoms with E-state index in [1.807, 2.05) is 20.8 Å². The van der Waals surface area contributed by atoms with Crippen LogP contribution in [0.5, 0.6) is 0 Å². The van der Waals surface area contributed by atoms with Crippen LogP contribution in [-0.2, 0) is 11.2 Å². The van der Waals surface area contributed by atoms with Gasteiger partial charge in [-0.15, -0.1) is 0 Å². The Labute approximate surface area is 157 Å². The van der Waals surface area contributed by atoms with Gasteiger partial charge in [0.1, 0.15) is 0 Å². The third-order valence-corrected chi connectivity index (χ3v) is 4.92. The van der Waals surface area contributed by atoms with Crippen LogP contribution in [0.1, 0.15) is 26.3 Å². The summed E-state index contributed by atoms with van der Waals surface area (Å²) in [4.78, 5) is 16.9. The summed E-state index contributed by atoms with van der Waals surface area (Å²) in [6.07, 6.45) is 1.08. The molecule has 3 rings (SSSR count). The first kappa shape index (κ1) is 18.9. The molecule has 0 saturated carbocycles. The van der Waals surface area contributed by atoms with Gasteiger partial charge in [-0.2, -0.15) is 0 Å². The Kier molecular flexibility index (Phi) is 5.94. The van der Waals surface area contributed by atoms with Crippen molar-refractivity contribution in [2.45, 2.75) is 32.7 Å². The highest BCUT2D eigenvalue weighted by Crippen LogP contribution is 2.19. The third kappa shape index (κ3) is 5.29. The first-order valence-corrected chi connectivity index (χ1v) is 9.63. The lowest BCUT2D eigenvalue weighted by Gasteiger charge is -2.35. The summed E-state index contributed by atoms with van der Waals surface area (Å²) < 4.78 is 0. The van der Waals surface area contributed by atoms with Crippen molar-refractivity contribution in [1.29, 1.82) is 0 Å². The fraction of sp³-hybridized carbons (Fsp3) is 0.500. The van der Waals surface area contributed by atoms with Crippen LogP contribution in [0.15, 0.2) is 42.5 Å². The molecule has 1 aliphatic rings. The van der Waals surface area contributed by atoms with E-state index in [4.69, 9.17) is 0 Å². The molecule has 26 heavy (non-hydrogen) atoms. The quantitative estimate of drug-likeness (QED) is 0.898. The molecule has 0 unspecified atom stereocenters. The molecule has 4 nitrogen and oxygen atoms in total. The second kappa shape index (κ2) is 8.19. The van der Waals surface area contributed by atoms with Gasteiger partial charge in [0.25, 0.3) is 0 Å². The zero-order chi connectivity index (χ0) is 18.6. The Balaban J connectivity index is 1.46. The number of carbonyl (C=O) groups is 1. The maximum Gasteiger partial charge on any atom is 0.234 e. The molecule has 1 aliphatic heterocycles. The maximum absolute atomic E-state index is 12.1. The van der Waals surface area contributed by atoms with Gasteiger partial charge in [0.2, 0.25) is 5.91 Å². The molecule has 0 bridgehead atoms. The Hall–Kier alpha value is -1.91. The number of carbonyl (C=O) groups excluding carboxylic acids is 1. The monoisotopic (exact) mass is 353 g/mol. The molecule has 1 heterocycles. The lowest BCUT2D eigenvalue weighted by molar-refractivity contribution is -0.124. The van der Waals surface area contributed by atoms with Crippen LogP contribution >= 0.6 is 0 Å². The summed E-state index contributed by atoms with van der Waals surface area (Å²) in [5, 5.41) is 5.73. The Morgan fingerprint density at radius 2 is 1.62 bits per heavy atom. The lowest BCUT2D eigenvalue weighted by Crippen LogP contribution is -2.51. The summed E-state index contributed by atoms with van der Waals surface area (Å²) in [5.74, 6) is 0.127. The zero-order valence-electron chi connectivity index (χ0n) is 16.3. The number of benzene rings is 2. The molecule has 1 amide bonds. The number of piperazine rings is 1. The summed E-state index contributed by atoms with van der Waals surface area (Å²) in [5.41, 5.74) is 1.27. The minimum atomic E-state index is -0.155. The topological polar surface area (TPSA) is 35.6 Å². The van der Waals surface area contributed by atoms with Crippen LogP contribution in [0.3, 0.4) is 0 Å². The van der Waals surface area contributed by atoms with Crippen molar-refractivity contribution in [2.24, 2.45) is 0 Å². The summed E-state index contributed by atoms with van der Waals surface area (Å²) in [6, 6.07) is 15.2. The van der Waals surface area contributed by atoms with E-state index in [2.05, 4.69) is 57.6 Å². The fourth-order valence-electron chi connectivity index (χ4n) is 3.62. The van der Waals surface area contributed by atoms with Crippen molar-refractivity contribution in [1.82, 2.24) is 15.1 Å². The van der Waals surface area contributed by atoms with E-state index in [-0.39, 0.29) is 11.4 Å². The standard InChI is InChI=1S/C22H31N3O/c1-22(2,3)23-21(26)17-25-15-13-24(14-16-25)12-11-19-9-6-8-18-7-4-5-10-20(18)19/h4-10H,11-17H2,1-3H3,(H,23,26). The Morgan fingerprint density at radius 1 is 0.962 bits per heavy atom. The molecule has 0 aliphatic carbocycles. The normalized spacial score (nSPS) is 16.7. The molecule has 140 valence electrons. The van der Waals surface area contributed by atoms with E-state index in [0.717, 1.165) is 39.1 Å². The van der Waals surface area contributed by atoms with Crippen molar-refractivity contribution in [3.8, 4) is 0 Å². The van der Waals surface area contributed by atoms with E-state index in [9.17, 15) is 4.79 Å². The van der Waals surface area contributed by atoms with Crippen molar-refractivity contribution < 1.29 is 4.79 Å². The van der Waals surface area contributed by atoms with Crippen molar-refractivity contribution in [3.05, 3.63) is 48.0 Å². The van der Waals surface area contributed by atoms with Crippen LogP contribution in [-0.4, -0.2) is 60.5 Å². The third-order valence-electron chi connectivity index (χ3n) is 4.92. The van der Waals surface area contributed by atoms with Crippen LogP contribution in [0, 0.1) is 0 Å². The number of nitrogens with zero attached hydrogens (tertiary/aromatic N) is 2. The fourth-order valence-corrected chi connectivity index (χ4v) is 3.62. The molecular weight excluding hydrogens is 322 g/mol. The lowest BCUT2D eigenvalue weighted by atomic mass is 10.0. The molecule has 1 saturated heterocycles. The van der Waals surface area contributed by atoms with Gasteiger partial charge >= 0.3 is 0 Å². The first-order chi connectivity index (χ1) is 12.4. The van der Waals surface area contributed by atoms with Gasteiger partial charge < -0.3 is 10.2 Å². The predicted molar refractivity (Wildman–Crippen MR) is 108 cm³/mol. The molecule has 4 heteroatoms. The van der Waals surface area contributed by atoms with Crippen molar-refractivity contribution >= 4 is 16.7 Å². The van der Waals surface area contributed by atoms with E-state index < -0.39 is 0 Å².